The van der Waals surface area contributed by atoms with Crippen molar-refractivity contribution < 1.29 is 18.4 Å². The number of carbonyl (C=O) groups excluding carboxylic acids is 2. The molecule has 7 heteroatoms. The molecule has 2 amide bonds. The molecule has 0 N–H and O–H groups in total. The minimum Gasteiger partial charge on any atom is -0.459 e. The van der Waals surface area contributed by atoms with Crippen LogP contribution < -0.4 is 0 Å². The molecule has 0 bridgehead atoms. The van der Waals surface area contributed by atoms with Crippen molar-refractivity contribution in [1.29, 1.82) is 0 Å². The molecule has 0 unspecified atom stereocenters. The molecule has 0 aliphatic carbocycles. The molecule has 3 heterocycles. The Morgan fingerprint density at radius 2 is 1.74 bits per heavy atom. The van der Waals surface area contributed by atoms with E-state index < -0.39 is 0 Å². The maximum absolute atomic E-state index is 13.5. The van der Waals surface area contributed by atoms with Crippen LogP contribution in [0.15, 0.2) is 47.1 Å². The maximum Gasteiger partial charge on any atom is 0.289 e. The van der Waals surface area contributed by atoms with Crippen LogP contribution in [0.1, 0.15) is 26.6 Å². The third-order valence-corrected chi connectivity index (χ3v) is 4.72. The Hall–Kier alpha value is -3.22. The summed E-state index contributed by atoms with van der Waals surface area (Å²) in [4.78, 5) is 33.1. The zero-order chi connectivity index (χ0) is 19.0. The number of aryl methyl sites for hydroxylation is 1. The summed E-state index contributed by atoms with van der Waals surface area (Å²) in [5, 5.41) is 0.626. The molecule has 6 nitrogen and oxygen atoms in total. The second-order valence-corrected chi connectivity index (χ2v) is 6.53. The Morgan fingerprint density at radius 3 is 2.41 bits per heavy atom. The van der Waals surface area contributed by atoms with Crippen molar-refractivity contribution in [1.82, 2.24) is 14.8 Å². The van der Waals surface area contributed by atoms with E-state index in [1.54, 1.807) is 41.0 Å². The summed E-state index contributed by atoms with van der Waals surface area (Å²) >= 11 is 0. The van der Waals surface area contributed by atoms with Crippen molar-refractivity contribution in [2.75, 3.05) is 26.2 Å². The number of amides is 2. The number of fused-ring (bicyclic) bond motifs is 1. The van der Waals surface area contributed by atoms with E-state index in [-0.39, 0.29) is 17.6 Å². The summed E-state index contributed by atoms with van der Waals surface area (Å²) in [6, 6.07) is 9.27. The number of carbonyl (C=O) groups is 2. The highest BCUT2D eigenvalue weighted by Crippen LogP contribution is 2.22. The van der Waals surface area contributed by atoms with Crippen molar-refractivity contribution >= 4 is 22.7 Å². The summed E-state index contributed by atoms with van der Waals surface area (Å²) in [6.45, 7) is 3.50. The van der Waals surface area contributed by atoms with E-state index >= 15 is 0 Å². The minimum atomic E-state index is -0.385. The molecule has 0 saturated carbocycles. The number of piperazine rings is 1. The van der Waals surface area contributed by atoms with Gasteiger partial charge in [0.05, 0.1) is 17.3 Å². The maximum atomic E-state index is 13.5. The van der Waals surface area contributed by atoms with Crippen LogP contribution in [0.4, 0.5) is 4.39 Å². The number of furan rings is 1. The van der Waals surface area contributed by atoms with Crippen LogP contribution in [-0.2, 0) is 0 Å². The number of pyridine rings is 1. The number of rotatable bonds is 2. The quantitative estimate of drug-likeness (QED) is 0.699. The average molecular weight is 367 g/mol. The smallest absolute Gasteiger partial charge is 0.289 e. The van der Waals surface area contributed by atoms with Crippen molar-refractivity contribution in [2.45, 2.75) is 6.92 Å². The Labute approximate surface area is 155 Å². The fraction of sp³-hybridized carbons (Fsp3) is 0.250. The zero-order valence-corrected chi connectivity index (χ0v) is 14.8. The molecule has 138 valence electrons. The zero-order valence-electron chi connectivity index (χ0n) is 14.8. The van der Waals surface area contributed by atoms with Crippen molar-refractivity contribution in [2.24, 2.45) is 0 Å². The van der Waals surface area contributed by atoms with Crippen LogP contribution >= 0.6 is 0 Å². The SMILES string of the molecule is Cc1cc(C(=O)N2CCN(C(=O)c3ccco3)CC2)c2ccc(F)cc2n1. The average Bonchev–Trinajstić information content (AvgIpc) is 3.20. The summed E-state index contributed by atoms with van der Waals surface area (Å²) in [5.41, 5.74) is 1.62. The van der Waals surface area contributed by atoms with E-state index in [0.717, 1.165) is 0 Å². The number of halogens is 1. The molecule has 1 fully saturated rings. The normalized spacial score (nSPS) is 14.6. The van der Waals surface area contributed by atoms with Crippen molar-refractivity contribution in [3.63, 3.8) is 0 Å². The molecule has 1 aromatic carbocycles. The summed E-state index contributed by atoms with van der Waals surface area (Å²) in [6.07, 6.45) is 1.47. The molecular weight excluding hydrogens is 349 g/mol. The van der Waals surface area contributed by atoms with E-state index in [9.17, 15) is 14.0 Å². The first-order valence-electron chi connectivity index (χ1n) is 8.72. The fourth-order valence-corrected chi connectivity index (χ4v) is 3.35. The number of benzene rings is 1. The Kier molecular flexibility index (Phi) is 4.35. The summed E-state index contributed by atoms with van der Waals surface area (Å²) < 4.78 is 18.7. The first kappa shape index (κ1) is 17.2. The number of aromatic nitrogens is 1. The number of hydrogen-bond acceptors (Lipinski definition) is 4. The van der Waals surface area contributed by atoms with Crippen molar-refractivity contribution in [3.8, 4) is 0 Å². The highest BCUT2D eigenvalue weighted by molar-refractivity contribution is 6.06. The molecule has 0 radical (unpaired) electrons. The predicted molar refractivity (Wildman–Crippen MR) is 97.0 cm³/mol. The Bertz CT molecular complexity index is 1000. The van der Waals surface area contributed by atoms with Crippen LogP contribution in [0.25, 0.3) is 10.9 Å². The largest absolute Gasteiger partial charge is 0.459 e. The van der Waals surface area contributed by atoms with Gasteiger partial charge in [-0.15, -0.1) is 0 Å². The highest BCUT2D eigenvalue weighted by Gasteiger charge is 2.27. The second-order valence-electron chi connectivity index (χ2n) is 6.53. The second kappa shape index (κ2) is 6.83. The van der Waals surface area contributed by atoms with Gasteiger partial charge in [0.1, 0.15) is 5.82 Å². The van der Waals surface area contributed by atoms with Gasteiger partial charge in [-0.25, -0.2) is 4.39 Å². The molecule has 1 aliphatic rings. The first-order valence-corrected chi connectivity index (χ1v) is 8.72. The molecule has 4 rings (SSSR count). The summed E-state index contributed by atoms with van der Waals surface area (Å²) in [5.74, 6) is -0.397. The molecule has 27 heavy (non-hydrogen) atoms. The monoisotopic (exact) mass is 367 g/mol. The standard InChI is InChI=1S/C20H18FN3O3/c1-13-11-16(15-5-4-14(21)12-17(15)22-13)19(25)23-6-8-24(9-7-23)20(26)18-3-2-10-27-18/h2-5,10-12H,6-9H2,1H3. The van der Waals surface area contributed by atoms with Gasteiger partial charge in [0.25, 0.3) is 11.8 Å². The number of hydrogen-bond donors (Lipinski definition) is 0. The Morgan fingerprint density at radius 1 is 1.04 bits per heavy atom. The molecule has 1 aliphatic heterocycles. The number of nitrogens with zero attached hydrogens (tertiary/aromatic N) is 3. The van der Waals surface area contributed by atoms with Gasteiger partial charge >= 0.3 is 0 Å². The summed E-state index contributed by atoms with van der Waals surface area (Å²) in [7, 11) is 0. The van der Waals surface area contributed by atoms with Crippen LogP contribution in [-0.4, -0.2) is 52.8 Å². The highest BCUT2D eigenvalue weighted by atomic mass is 19.1. The van der Waals surface area contributed by atoms with Gasteiger partial charge in [0, 0.05) is 43.3 Å². The van der Waals surface area contributed by atoms with E-state index in [1.807, 2.05) is 0 Å². The molecular formula is C20H18FN3O3. The van der Waals surface area contributed by atoms with Gasteiger partial charge in [0.15, 0.2) is 5.76 Å². The molecule has 1 saturated heterocycles. The first-order chi connectivity index (χ1) is 13.0. The van der Waals surface area contributed by atoms with Crippen LogP contribution in [0.2, 0.25) is 0 Å². The lowest BCUT2D eigenvalue weighted by Gasteiger charge is -2.34. The lowest BCUT2D eigenvalue weighted by atomic mass is 10.1. The minimum absolute atomic E-state index is 0.137. The van der Waals surface area contributed by atoms with Gasteiger partial charge in [-0.3, -0.25) is 14.6 Å². The predicted octanol–water partition coefficient (Wildman–Crippen LogP) is 2.87. The van der Waals surface area contributed by atoms with E-state index in [1.165, 1.54) is 18.4 Å². The molecule has 0 atom stereocenters. The lowest BCUT2D eigenvalue weighted by Crippen LogP contribution is -2.50. The van der Waals surface area contributed by atoms with Crippen LogP contribution in [0.3, 0.4) is 0 Å². The molecule has 0 spiro atoms. The van der Waals surface area contributed by atoms with Crippen LogP contribution in [0, 0.1) is 12.7 Å². The third-order valence-electron chi connectivity index (χ3n) is 4.72. The molecule has 2 aromatic heterocycles. The van der Waals surface area contributed by atoms with Crippen molar-refractivity contribution in [3.05, 3.63) is 65.5 Å². The van der Waals surface area contributed by atoms with E-state index in [2.05, 4.69) is 4.98 Å². The Balaban J connectivity index is 1.53. The van der Waals surface area contributed by atoms with Gasteiger partial charge in [-0.2, -0.15) is 0 Å². The van der Waals surface area contributed by atoms with E-state index in [0.29, 0.717) is 54.1 Å². The van der Waals surface area contributed by atoms with Gasteiger partial charge in [-0.1, -0.05) is 0 Å². The van der Waals surface area contributed by atoms with Gasteiger partial charge in [0.2, 0.25) is 0 Å². The van der Waals surface area contributed by atoms with Gasteiger partial charge in [-0.05, 0) is 37.3 Å². The topological polar surface area (TPSA) is 66.7 Å². The third kappa shape index (κ3) is 3.28. The van der Waals surface area contributed by atoms with E-state index in [4.69, 9.17) is 4.42 Å². The van der Waals surface area contributed by atoms with Crippen LogP contribution in [0.5, 0.6) is 0 Å². The lowest BCUT2D eigenvalue weighted by molar-refractivity contribution is 0.0519. The van der Waals surface area contributed by atoms with Gasteiger partial charge < -0.3 is 14.2 Å². The molecule has 3 aromatic rings. The fourth-order valence-electron chi connectivity index (χ4n) is 3.35.